The van der Waals surface area contributed by atoms with E-state index in [9.17, 15) is 4.79 Å². The van der Waals surface area contributed by atoms with E-state index in [1.807, 2.05) is 37.3 Å². The van der Waals surface area contributed by atoms with Gasteiger partial charge in [-0.25, -0.2) is 4.99 Å². The van der Waals surface area contributed by atoms with E-state index in [1.54, 1.807) is 35.3 Å². The Hall–Kier alpha value is -2.30. The van der Waals surface area contributed by atoms with Gasteiger partial charge < -0.3 is 16.4 Å². The van der Waals surface area contributed by atoms with Crippen LogP contribution in [0.25, 0.3) is 0 Å². The van der Waals surface area contributed by atoms with Crippen molar-refractivity contribution in [2.24, 2.45) is 10.7 Å². The Balaban J connectivity index is 0.00000341. The van der Waals surface area contributed by atoms with Gasteiger partial charge in [-0.2, -0.15) is 5.10 Å². The summed E-state index contributed by atoms with van der Waals surface area (Å²) in [4.78, 5) is 16.5. The smallest absolute Gasteiger partial charge is 0.246 e. The number of hydrogen-bond acceptors (Lipinski definition) is 3. The van der Waals surface area contributed by atoms with Gasteiger partial charge in [-0.15, -0.1) is 24.0 Å². The minimum atomic E-state index is -0.158. The van der Waals surface area contributed by atoms with Crippen LogP contribution in [0.3, 0.4) is 0 Å². The molecule has 0 radical (unpaired) electrons. The summed E-state index contributed by atoms with van der Waals surface area (Å²) in [5, 5.41) is 11.1. The van der Waals surface area contributed by atoms with Crippen molar-refractivity contribution in [1.29, 1.82) is 0 Å². The number of carbonyl (C=O) groups excluding carboxylic acids is 1. The molecule has 31 heavy (non-hydrogen) atoms. The summed E-state index contributed by atoms with van der Waals surface area (Å²) < 4.78 is 1.56. The van der Waals surface area contributed by atoms with E-state index in [-0.39, 0.29) is 42.5 Å². The third kappa shape index (κ3) is 7.71. The van der Waals surface area contributed by atoms with Crippen LogP contribution in [-0.2, 0) is 17.9 Å². The second kappa shape index (κ2) is 11.9. The first-order valence-electron chi connectivity index (χ1n) is 9.28. The van der Waals surface area contributed by atoms with Gasteiger partial charge in [-0.1, -0.05) is 41.4 Å². The van der Waals surface area contributed by atoms with Crippen LogP contribution in [0.5, 0.6) is 0 Å². The Labute approximate surface area is 208 Å². The zero-order valence-corrected chi connectivity index (χ0v) is 20.6. The van der Waals surface area contributed by atoms with Gasteiger partial charge in [-0.05, 0) is 48.4 Å². The van der Waals surface area contributed by atoms with Crippen molar-refractivity contribution in [3.8, 4) is 0 Å². The maximum atomic E-state index is 12.1. The maximum Gasteiger partial charge on any atom is 0.246 e. The third-order valence-corrected chi connectivity index (χ3v) is 4.86. The number of nitrogens with two attached hydrogens (primary N) is 1. The fourth-order valence-electron chi connectivity index (χ4n) is 2.86. The van der Waals surface area contributed by atoms with E-state index in [1.165, 1.54) is 0 Å². The first-order chi connectivity index (χ1) is 14.4. The molecule has 0 aliphatic heterocycles. The van der Waals surface area contributed by atoms with Crippen molar-refractivity contribution in [2.45, 2.75) is 26.1 Å². The van der Waals surface area contributed by atoms with Crippen molar-refractivity contribution < 1.29 is 4.79 Å². The molecule has 0 aliphatic rings. The van der Waals surface area contributed by atoms with Gasteiger partial charge in [-0.3, -0.25) is 9.48 Å². The van der Waals surface area contributed by atoms with Crippen molar-refractivity contribution in [3.63, 3.8) is 0 Å². The van der Waals surface area contributed by atoms with Gasteiger partial charge in [0, 0.05) is 28.1 Å². The molecule has 1 heterocycles. The van der Waals surface area contributed by atoms with Crippen LogP contribution in [0, 0.1) is 0 Å². The van der Waals surface area contributed by atoms with Crippen molar-refractivity contribution >= 4 is 64.7 Å². The Morgan fingerprint density at radius 3 is 2.74 bits per heavy atom. The fourth-order valence-corrected chi connectivity index (χ4v) is 3.44. The summed E-state index contributed by atoms with van der Waals surface area (Å²) in [6.07, 6.45) is 3.37. The number of aromatic nitrogens is 2. The maximum absolute atomic E-state index is 12.1. The number of halogens is 3. The van der Waals surface area contributed by atoms with Crippen LogP contribution in [0.15, 0.2) is 65.9 Å². The van der Waals surface area contributed by atoms with Gasteiger partial charge in [0.2, 0.25) is 5.91 Å². The van der Waals surface area contributed by atoms with E-state index < -0.39 is 0 Å². The number of carbonyl (C=O) groups is 1. The van der Waals surface area contributed by atoms with Crippen LogP contribution in [-0.4, -0.2) is 21.6 Å². The molecular weight excluding hydrogens is 550 g/mol. The highest BCUT2D eigenvalue weighted by Crippen LogP contribution is 2.25. The lowest BCUT2D eigenvalue weighted by molar-refractivity contribution is -0.116. The standard InChI is InChI=1S/C21H22Cl2N6O.HI/c1-14(18-7-6-16(22)11-19(18)23)27-21(24)25-12-15-4-2-5-17(10-15)28-20(30)13-29-9-3-8-26-29;/h2-11,14H,12-13H2,1H3,(H,28,30)(H3,24,25,27);1H. The Bertz CT molecular complexity index is 1040. The lowest BCUT2D eigenvalue weighted by Crippen LogP contribution is -2.34. The highest BCUT2D eigenvalue weighted by molar-refractivity contribution is 14.0. The van der Waals surface area contributed by atoms with Crippen molar-refractivity contribution in [3.05, 3.63) is 82.1 Å². The third-order valence-electron chi connectivity index (χ3n) is 4.30. The normalized spacial score (nSPS) is 12.0. The Morgan fingerprint density at radius 2 is 2.03 bits per heavy atom. The van der Waals surface area contributed by atoms with Crippen LogP contribution in [0.4, 0.5) is 5.69 Å². The molecule has 0 aliphatic carbocycles. The fraction of sp³-hybridized carbons (Fsp3) is 0.190. The number of nitrogens with zero attached hydrogens (tertiary/aromatic N) is 3. The summed E-state index contributed by atoms with van der Waals surface area (Å²) in [7, 11) is 0. The highest BCUT2D eigenvalue weighted by atomic mass is 127. The predicted molar refractivity (Wildman–Crippen MR) is 136 cm³/mol. The molecule has 1 unspecified atom stereocenters. The van der Waals surface area contributed by atoms with E-state index in [0.717, 1.165) is 11.1 Å². The Kier molecular flexibility index (Phi) is 9.60. The Morgan fingerprint density at radius 1 is 1.23 bits per heavy atom. The van der Waals surface area contributed by atoms with Crippen LogP contribution in [0.2, 0.25) is 10.0 Å². The molecule has 2 aromatic carbocycles. The molecule has 0 fully saturated rings. The molecule has 1 amide bonds. The number of hydrogen-bond donors (Lipinski definition) is 3. The lowest BCUT2D eigenvalue weighted by atomic mass is 10.1. The van der Waals surface area contributed by atoms with Gasteiger partial charge in [0.15, 0.2) is 5.96 Å². The molecule has 164 valence electrons. The molecule has 0 bridgehead atoms. The number of anilines is 1. The van der Waals surface area contributed by atoms with Gasteiger partial charge in [0.1, 0.15) is 6.54 Å². The van der Waals surface area contributed by atoms with Gasteiger partial charge in [0.05, 0.1) is 12.6 Å². The molecule has 1 atom stereocenters. The molecule has 7 nitrogen and oxygen atoms in total. The number of rotatable bonds is 7. The van der Waals surface area contributed by atoms with Gasteiger partial charge in [0.25, 0.3) is 0 Å². The second-order valence-electron chi connectivity index (χ2n) is 6.69. The summed E-state index contributed by atoms with van der Waals surface area (Å²) >= 11 is 12.2. The summed E-state index contributed by atoms with van der Waals surface area (Å²) in [6, 6.07) is 14.4. The summed E-state index contributed by atoms with van der Waals surface area (Å²) in [5.74, 6) is 0.135. The molecule has 0 spiro atoms. The van der Waals surface area contributed by atoms with Gasteiger partial charge >= 0.3 is 0 Å². The lowest BCUT2D eigenvalue weighted by Gasteiger charge is -2.16. The average Bonchev–Trinajstić information content (AvgIpc) is 3.19. The average molecular weight is 573 g/mol. The SMILES string of the molecule is CC(NC(N)=NCc1cccc(NC(=O)Cn2cccn2)c1)c1ccc(Cl)cc1Cl.I. The molecule has 0 saturated heterocycles. The number of amides is 1. The molecule has 1 aromatic heterocycles. The molecule has 0 saturated carbocycles. The zero-order chi connectivity index (χ0) is 21.5. The molecule has 3 rings (SSSR count). The molecule has 4 N–H and O–H groups in total. The summed E-state index contributed by atoms with van der Waals surface area (Å²) in [6.45, 7) is 2.45. The highest BCUT2D eigenvalue weighted by Gasteiger charge is 2.11. The minimum Gasteiger partial charge on any atom is -0.370 e. The quantitative estimate of drug-likeness (QED) is 0.219. The number of aliphatic imine (C=N–C) groups is 1. The van der Waals surface area contributed by atoms with E-state index in [2.05, 4.69) is 20.7 Å². The molecule has 3 aromatic rings. The second-order valence-corrected chi connectivity index (χ2v) is 7.53. The largest absolute Gasteiger partial charge is 0.370 e. The van der Waals surface area contributed by atoms with Crippen LogP contribution >= 0.6 is 47.2 Å². The first-order valence-corrected chi connectivity index (χ1v) is 10.0. The van der Waals surface area contributed by atoms with E-state index >= 15 is 0 Å². The topological polar surface area (TPSA) is 97.3 Å². The molecular formula is C21H23Cl2IN6O. The minimum absolute atomic E-state index is 0. The zero-order valence-electron chi connectivity index (χ0n) is 16.8. The van der Waals surface area contributed by atoms with E-state index in [4.69, 9.17) is 28.9 Å². The monoisotopic (exact) mass is 572 g/mol. The number of benzene rings is 2. The number of guanidine groups is 1. The summed E-state index contributed by atoms with van der Waals surface area (Å²) in [5.41, 5.74) is 8.50. The number of nitrogens with one attached hydrogen (secondary N) is 2. The van der Waals surface area contributed by atoms with Crippen molar-refractivity contribution in [1.82, 2.24) is 15.1 Å². The van der Waals surface area contributed by atoms with E-state index in [0.29, 0.717) is 28.2 Å². The van der Waals surface area contributed by atoms with Crippen molar-refractivity contribution in [2.75, 3.05) is 5.32 Å². The predicted octanol–water partition coefficient (Wildman–Crippen LogP) is 4.61. The van der Waals surface area contributed by atoms with Crippen LogP contribution < -0.4 is 16.4 Å². The van der Waals surface area contributed by atoms with Crippen LogP contribution in [0.1, 0.15) is 24.1 Å². The molecule has 10 heteroatoms. The first kappa shape index (κ1) is 25.0.